The quantitative estimate of drug-likeness (QED) is 0.0808. The summed E-state index contributed by atoms with van der Waals surface area (Å²) in [7, 11) is 1.81. The lowest BCUT2D eigenvalue weighted by Crippen LogP contribution is -2.44. The predicted molar refractivity (Wildman–Crippen MR) is 210 cm³/mol. The summed E-state index contributed by atoms with van der Waals surface area (Å²) in [6.45, 7) is 10.6. The van der Waals surface area contributed by atoms with Crippen molar-refractivity contribution in [3.8, 4) is 0 Å². The fourth-order valence-corrected chi connectivity index (χ4v) is 6.80. The standard InChI is InChI=1S/C41H55N7O5/c1-30-11-4-8-15-35(30)46-21-10-17-37(46)41(50)45-20-23-51-25-27-53-28-26-52-24-22-48(43)40-33-13-6-5-12-32(33)29-47(38(49)19-18-31(2)44-3)36-16-9-7-14-34(36)39(40)42/h4-9,11-16,37,44H,2,10,17-29,42-43H2,1,3H3,(H,45,50)/b40-39-. The summed E-state index contributed by atoms with van der Waals surface area (Å²) in [5.74, 6) is 6.71. The molecule has 12 nitrogen and oxygen atoms in total. The molecule has 1 unspecified atom stereocenters. The van der Waals surface area contributed by atoms with Crippen LogP contribution in [-0.4, -0.2) is 89.2 Å². The van der Waals surface area contributed by atoms with Crippen LogP contribution in [-0.2, 0) is 30.3 Å². The second-order valence-electron chi connectivity index (χ2n) is 13.2. The first-order chi connectivity index (χ1) is 25.8. The number of allylic oxidation sites excluding steroid dienone is 1. The molecule has 0 spiro atoms. The molecule has 3 aromatic rings. The van der Waals surface area contributed by atoms with Crippen LogP contribution in [0.3, 0.4) is 0 Å². The van der Waals surface area contributed by atoms with Crippen molar-refractivity contribution in [3.63, 3.8) is 0 Å². The molecule has 2 aliphatic heterocycles. The first-order valence-corrected chi connectivity index (χ1v) is 18.5. The number of rotatable bonds is 19. The molecular weight excluding hydrogens is 670 g/mol. The molecule has 0 radical (unpaired) electrons. The Morgan fingerprint density at radius 3 is 2.25 bits per heavy atom. The number of anilines is 2. The number of aryl methyl sites for hydroxylation is 1. The summed E-state index contributed by atoms with van der Waals surface area (Å²) >= 11 is 0. The molecule has 3 aromatic carbocycles. The van der Waals surface area contributed by atoms with Crippen LogP contribution < -0.4 is 32.0 Å². The molecule has 53 heavy (non-hydrogen) atoms. The number of hydrogen-bond donors (Lipinski definition) is 4. The van der Waals surface area contributed by atoms with E-state index in [1.165, 1.54) is 5.56 Å². The van der Waals surface area contributed by atoms with Crippen molar-refractivity contribution in [2.45, 2.75) is 45.2 Å². The molecule has 12 heteroatoms. The Labute approximate surface area is 313 Å². The molecule has 1 atom stereocenters. The van der Waals surface area contributed by atoms with Crippen LogP contribution in [0.5, 0.6) is 0 Å². The number of nitrogens with zero attached hydrogens (tertiary/aromatic N) is 3. The van der Waals surface area contributed by atoms with Crippen molar-refractivity contribution in [3.05, 3.63) is 107 Å². The number of nitrogens with one attached hydrogen (secondary N) is 2. The van der Waals surface area contributed by atoms with E-state index >= 15 is 0 Å². The Kier molecular flexibility index (Phi) is 14.7. The third-order valence-electron chi connectivity index (χ3n) is 9.67. The largest absolute Gasteiger partial charge is 0.396 e. The van der Waals surface area contributed by atoms with Gasteiger partial charge in [-0.1, -0.05) is 67.2 Å². The third kappa shape index (κ3) is 10.4. The van der Waals surface area contributed by atoms with E-state index in [4.69, 9.17) is 25.8 Å². The summed E-state index contributed by atoms with van der Waals surface area (Å²) in [6, 6.07) is 23.6. The zero-order valence-electron chi connectivity index (χ0n) is 31.1. The second kappa shape index (κ2) is 19.8. The van der Waals surface area contributed by atoms with E-state index in [-0.39, 0.29) is 17.9 Å². The molecule has 6 N–H and O–H groups in total. The molecule has 0 saturated carbocycles. The van der Waals surface area contributed by atoms with Gasteiger partial charge in [0.05, 0.1) is 69.8 Å². The Morgan fingerprint density at radius 1 is 0.868 bits per heavy atom. The van der Waals surface area contributed by atoms with Gasteiger partial charge in [0.2, 0.25) is 11.8 Å². The highest BCUT2D eigenvalue weighted by molar-refractivity contribution is 6.01. The SMILES string of the molecule is C=C(CCC(=O)N1Cc2ccccc2/C(N(N)CCOCCOCCOCCNC(=O)C2CCCN2c2ccccc2C)=C(/N)c2ccccc21)NC. The maximum Gasteiger partial charge on any atom is 0.242 e. The zero-order valence-corrected chi connectivity index (χ0v) is 31.1. The van der Waals surface area contributed by atoms with E-state index in [0.29, 0.717) is 83.5 Å². The topological polar surface area (TPSA) is 148 Å². The molecule has 2 amide bonds. The highest BCUT2D eigenvalue weighted by atomic mass is 16.5. The molecule has 1 saturated heterocycles. The van der Waals surface area contributed by atoms with E-state index in [0.717, 1.165) is 53.1 Å². The van der Waals surface area contributed by atoms with Gasteiger partial charge in [0.1, 0.15) is 6.04 Å². The lowest BCUT2D eigenvalue weighted by molar-refractivity contribution is -0.122. The van der Waals surface area contributed by atoms with Crippen molar-refractivity contribution in [1.29, 1.82) is 0 Å². The Morgan fingerprint density at radius 2 is 1.51 bits per heavy atom. The van der Waals surface area contributed by atoms with Gasteiger partial charge in [-0.05, 0) is 49.4 Å². The van der Waals surface area contributed by atoms with Crippen molar-refractivity contribution < 1.29 is 23.8 Å². The summed E-state index contributed by atoms with van der Waals surface area (Å²) in [5.41, 5.74) is 14.5. The summed E-state index contributed by atoms with van der Waals surface area (Å²) in [4.78, 5) is 30.4. The highest BCUT2D eigenvalue weighted by Gasteiger charge is 2.31. The second-order valence-corrected chi connectivity index (χ2v) is 13.2. The maximum atomic E-state index is 13.5. The molecule has 0 aliphatic carbocycles. The van der Waals surface area contributed by atoms with Gasteiger partial charge in [0.25, 0.3) is 0 Å². The van der Waals surface area contributed by atoms with Gasteiger partial charge in [-0.25, -0.2) is 5.84 Å². The van der Waals surface area contributed by atoms with E-state index in [2.05, 4.69) is 41.2 Å². The smallest absolute Gasteiger partial charge is 0.242 e. The van der Waals surface area contributed by atoms with Crippen LogP contribution in [0.15, 0.2) is 85.1 Å². The molecule has 1 fully saturated rings. The molecule has 5 rings (SSSR count). The molecular formula is C41H55N7O5. The number of hydrazine groups is 1. The average Bonchev–Trinajstić information content (AvgIpc) is 3.66. The van der Waals surface area contributed by atoms with Crippen LogP contribution in [0.2, 0.25) is 0 Å². The molecule has 2 heterocycles. The normalized spacial score (nSPS) is 16.7. The number of carbonyl (C=O) groups is 2. The number of ether oxygens (including phenoxy) is 3. The number of hydrogen-bond acceptors (Lipinski definition) is 10. The Bertz CT molecular complexity index is 1730. The summed E-state index contributed by atoms with van der Waals surface area (Å²) < 4.78 is 17.2. The van der Waals surface area contributed by atoms with Crippen LogP contribution in [0.4, 0.5) is 11.4 Å². The minimum atomic E-state index is -0.146. The van der Waals surface area contributed by atoms with Gasteiger partial charge in [-0.3, -0.25) is 9.59 Å². The first-order valence-electron chi connectivity index (χ1n) is 18.5. The van der Waals surface area contributed by atoms with Crippen LogP contribution in [0, 0.1) is 6.92 Å². The first kappa shape index (κ1) is 39.3. The van der Waals surface area contributed by atoms with Gasteiger partial charge >= 0.3 is 0 Å². The zero-order chi connectivity index (χ0) is 37.6. The van der Waals surface area contributed by atoms with Gasteiger partial charge in [-0.15, -0.1) is 0 Å². The number of nitrogens with two attached hydrogens (primary N) is 2. The van der Waals surface area contributed by atoms with Crippen LogP contribution in [0.25, 0.3) is 11.4 Å². The summed E-state index contributed by atoms with van der Waals surface area (Å²) in [5, 5.41) is 7.67. The monoisotopic (exact) mass is 725 g/mol. The maximum absolute atomic E-state index is 13.5. The van der Waals surface area contributed by atoms with E-state index in [1.54, 1.807) is 17.0 Å². The minimum Gasteiger partial charge on any atom is -0.396 e. The number of carbonyl (C=O) groups excluding carboxylic acids is 2. The fraction of sp³-hybridized carbons (Fsp3) is 0.415. The van der Waals surface area contributed by atoms with Crippen molar-refractivity contribution in [2.24, 2.45) is 11.6 Å². The lowest BCUT2D eigenvalue weighted by atomic mass is 9.95. The number of para-hydroxylation sites is 2. The molecule has 0 aromatic heterocycles. The van der Waals surface area contributed by atoms with Crippen LogP contribution in [0.1, 0.15) is 47.9 Å². The Hall–Kier alpha value is -4.88. The highest BCUT2D eigenvalue weighted by Crippen LogP contribution is 2.36. The van der Waals surface area contributed by atoms with Crippen molar-refractivity contribution >= 4 is 34.6 Å². The van der Waals surface area contributed by atoms with E-state index in [9.17, 15) is 9.59 Å². The third-order valence-corrected chi connectivity index (χ3v) is 9.67. The van der Waals surface area contributed by atoms with E-state index in [1.807, 2.05) is 60.7 Å². The van der Waals surface area contributed by atoms with Crippen LogP contribution >= 0.6 is 0 Å². The lowest BCUT2D eigenvalue weighted by Gasteiger charge is -2.33. The Balaban J connectivity index is 1.03. The van der Waals surface area contributed by atoms with Gasteiger partial charge in [0, 0.05) is 49.1 Å². The number of fused-ring (bicyclic) bond motifs is 2. The average molecular weight is 726 g/mol. The van der Waals surface area contributed by atoms with Gasteiger partial charge in [0.15, 0.2) is 0 Å². The number of amides is 2. The van der Waals surface area contributed by atoms with E-state index < -0.39 is 0 Å². The molecule has 2 aliphatic rings. The fourth-order valence-electron chi connectivity index (χ4n) is 6.80. The molecule has 284 valence electrons. The number of benzene rings is 3. The molecule has 0 bridgehead atoms. The minimum absolute atomic E-state index is 0.0132. The predicted octanol–water partition coefficient (Wildman–Crippen LogP) is 4.15. The van der Waals surface area contributed by atoms with Gasteiger partial charge < -0.3 is 45.4 Å². The van der Waals surface area contributed by atoms with Gasteiger partial charge in [-0.2, -0.15) is 0 Å². The summed E-state index contributed by atoms with van der Waals surface area (Å²) in [6.07, 6.45) is 2.71. The van der Waals surface area contributed by atoms with Crippen molar-refractivity contribution in [1.82, 2.24) is 15.6 Å². The van der Waals surface area contributed by atoms with Crippen molar-refractivity contribution in [2.75, 3.05) is 76.1 Å².